The molecule has 1 aliphatic rings. The summed E-state index contributed by atoms with van der Waals surface area (Å²) in [4.78, 5) is 7.55. The molecule has 126 valence electrons. The number of aromatic nitrogens is 2. The topological polar surface area (TPSA) is 33.1 Å². The smallest absolute Gasteiger partial charge is 0.207 e. The SMILES string of the molecule is CCC1CNCCN1c1nc2c(C)c(Br)c(Br)cc2n1C(C)C. The number of fused-ring (bicyclic) bond motifs is 1. The Kier molecular flexibility index (Phi) is 5.04. The molecule has 0 aliphatic carbocycles. The third-order valence-electron chi connectivity index (χ3n) is 4.68. The van der Waals surface area contributed by atoms with Gasteiger partial charge in [0.2, 0.25) is 5.95 Å². The Hall–Kier alpha value is -0.590. The molecule has 0 saturated carbocycles. The van der Waals surface area contributed by atoms with Gasteiger partial charge in [-0.1, -0.05) is 6.92 Å². The van der Waals surface area contributed by atoms with E-state index in [4.69, 9.17) is 4.98 Å². The van der Waals surface area contributed by atoms with E-state index in [1.165, 1.54) is 11.1 Å². The number of nitrogens with zero attached hydrogens (tertiary/aromatic N) is 3. The second-order valence-electron chi connectivity index (χ2n) is 6.50. The van der Waals surface area contributed by atoms with Crippen molar-refractivity contribution in [1.29, 1.82) is 0 Å². The van der Waals surface area contributed by atoms with Crippen molar-refractivity contribution < 1.29 is 0 Å². The number of anilines is 1. The van der Waals surface area contributed by atoms with E-state index in [0.717, 1.165) is 46.5 Å². The highest BCUT2D eigenvalue weighted by Crippen LogP contribution is 2.37. The van der Waals surface area contributed by atoms with Crippen molar-refractivity contribution in [1.82, 2.24) is 14.9 Å². The lowest BCUT2D eigenvalue weighted by molar-refractivity contribution is 0.449. The summed E-state index contributed by atoms with van der Waals surface area (Å²) in [6.45, 7) is 11.9. The minimum atomic E-state index is 0.370. The molecule has 2 aromatic rings. The van der Waals surface area contributed by atoms with E-state index < -0.39 is 0 Å². The van der Waals surface area contributed by atoms with E-state index in [9.17, 15) is 0 Å². The van der Waals surface area contributed by atoms with Gasteiger partial charge in [0.25, 0.3) is 0 Å². The summed E-state index contributed by atoms with van der Waals surface area (Å²) >= 11 is 7.34. The fourth-order valence-electron chi connectivity index (χ4n) is 3.41. The zero-order valence-corrected chi connectivity index (χ0v) is 17.3. The maximum Gasteiger partial charge on any atom is 0.207 e. The van der Waals surface area contributed by atoms with Crippen LogP contribution in [0.25, 0.3) is 11.0 Å². The zero-order valence-electron chi connectivity index (χ0n) is 14.2. The van der Waals surface area contributed by atoms with Gasteiger partial charge in [0.15, 0.2) is 0 Å². The lowest BCUT2D eigenvalue weighted by Crippen LogP contribution is -2.52. The molecular weight excluding hydrogens is 420 g/mol. The normalized spacial score (nSPS) is 19.1. The maximum atomic E-state index is 5.07. The molecule has 1 atom stereocenters. The minimum absolute atomic E-state index is 0.370. The van der Waals surface area contributed by atoms with Crippen LogP contribution in [0, 0.1) is 6.92 Å². The van der Waals surface area contributed by atoms with E-state index >= 15 is 0 Å². The van der Waals surface area contributed by atoms with Crippen molar-refractivity contribution in [2.45, 2.75) is 46.2 Å². The molecule has 0 spiro atoms. The van der Waals surface area contributed by atoms with Crippen molar-refractivity contribution in [2.24, 2.45) is 0 Å². The number of hydrogen-bond acceptors (Lipinski definition) is 3. The Bertz CT molecular complexity index is 723. The van der Waals surface area contributed by atoms with Gasteiger partial charge in [0.1, 0.15) is 0 Å². The zero-order chi connectivity index (χ0) is 16.7. The van der Waals surface area contributed by atoms with Crippen LogP contribution in [0.15, 0.2) is 15.0 Å². The number of rotatable bonds is 3. The summed E-state index contributed by atoms with van der Waals surface area (Å²) in [5.74, 6) is 1.11. The van der Waals surface area contributed by atoms with Crippen molar-refractivity contribution >= 4 is 48.8 Å². The van der Waals surface area contributed by atoms with Crippen LogP contribution in [0.1, 0.15) is 38.8 Å². The molecule has 1 fully saturated rings. The van der Waals surface area contributed by atoms with Gasteiger partial charge in [-0.05, 0) is 70.7 Å². The molecular formula is C17H24Br2N4. The molecule has 1 aromatic carbocycles. The van der Waals surface area contributed by atoms with E-state index in [2.05, 4.69) is 80.4 Å². The molecule has 6 heteroatoms. The van der Waals surface area contributed by atoms with E-state index in [1.807, 2.05) is 0 Å². The molecule has 23 heavy (non-hydrogen) atoms. The van der Waals surface area contributed by atoms with Crippen LogP contribution >= 0.6 is 31.9 Å². The summed E-state index contributed by atoms with van der Waals surface area (Å²) in [6.07, 6.45) is 1.13. The van der Waals surface area contributed by atoms with Gasteiger partial charge >= 0.3 is 0 Å². The highest BCUT2D eigenvalue weighted by atomic mass is 79.9. The number of aryl methyl sites for hydroxylation is 1. The monoisotopic (exact) mass is 442 g/mol. The first-order chi connectivity index (χ1) is 11.0. The fraction of sp³-hybridized carbons (Fsp3) is 0.588. The Labute approximate surface area is 154 Å². The van der Waals surface area contributed by atoms with Gasteiger partial charge in [-0.2, -0.15) is 0 Å². The third kappa shape index (κ3) is 2.94. The molecule has 1 N–H and O–H groups in total. The van der Waals surface area contributed by atoms with Crippen molar-refractivity contribution in [3.63, 3.8) is 0 Å². The second kappa shape index (κ2) is 6.73. The quantitative estimate of drug-likeness (QED) is 0.749. The van der Waals surface area contributed by atoms with Gasteiger partial charge < -0.3 is 14.8 Å². The van der Waals surface area contributed by atoms with E-state index in [1.54, 1.807) is 0 Å². The van der Waals surface area contributed by atoms with Crippen LogP contribution in [0.4, 0.5) is 5.95 Å². The van der Waals surface area contributed by atoms with E-state index in [-0.39, 0.29) is 0 Å². The van der Waals surface area contributed by atoms with Crippen LogP contribution < -0.4 is 10.2 Å². The van der Waals surface area contributed by atoms with Crippen LogP contribution in [0.3, 0.4) is 0 Å². The highest BCUT2D eigenvalue weighted by Gasteiger charge is 2.27. The predicted octanol–water partition coefficient (Wildman–Crippen LogP) is 4.64. The largest absolute Gasteiger partial charge is 0.337 e. The summed E-state index contributed by atoms with van der Waals surface area (Å²) in [6, 6.07) is 3.06. The number of nitrogens with one attached hydrogen (secondary N) is 1. The molecule has 1 saturated heterocycles. The molecule has 3 rings (SSSR count). The molecule has 1 unspecified atom stereocenters. The second-order valence-corrected chi connectivity index (χ2v) is 8.15. The van der Waals surface area contributed by atoms with Gasteiger partial charge in [-0.15, -0.1) is 0 Å². The number of hydrogen-bond donors (Lipinski definition) is 1. The number of imidazole rings is 1. The first-order valence-electron chi connectivity index (χ1n) is 8.29. The summed E-state index contributed by atoms with van der Waals surface area (Å²) in [5.41, 5.74) is 3.49. The molecule has 1 aliphatic heterocycles. The summed E-state index contributed by atoms with van der Waals surface area (Å²) in [7, 11) is 0. The molecule has 4 nitrogen and oxygen atoms in total. The van der Waals surface area contributed by atoms with Crippen LogP contribution in [-0.2, 0) is 0 Å². The average Bonchev–Trinajstić information content (AvgIpc) is 2.92. The average molecular weight is 444 g/mol. The first-order valence-corrected chi connectivity index (χ1v) is 9.88. The van der Waals surface area contributed by atoms with Crippen LogP contribution in [-0.4, -0.2) is 35.2 Å². The minimum Gasteiger partial charge on any atom is -0.337 e. The van der Waals surface area contributed by atoms with Gasteiger partial charge in [-0.3, -0.25) is 0 Å². The van der Waals surface area contributed by atoms with Crippen LogP contribution in [0.2, 0.25) is 0 Å². The lowest BCUT2D eigenvalue weighted by Gasteiger charge is -2.37. The van der Waals surface area contributed by atoms with Crippen LogP contribution in [0.5, 0.6) is 0 Å². The van der Waals surface area contributed by atoms with Gasteiger partial charge in [0.05, 0.1) is 11.0 Å². The lowest BCUT2D eigenvalue weighted by atomic mass is 10.1. The highest BCUT2D eigenvalue weighted by molar-refractivity contribution is 9.13. The third-order valence-corrected chi connectivity index (χ3v) is 6.86. The molecule has 1 aromatic heterocycles. The Morgan fingerprint density at radius 1 is 1.39 bits per heavy atom. The summed E-state index contributed by atoms with van der Waals surface area (Å²) < 4.78 is 4.56. The fourth-order valence-corrected chi connectivity index (χ4v) is 4.23. The summed E-state index contributed by atoms with van der Waals surface area (Å²) in [5, 5.41) is 3.50. The van der Waals surface area contributed by atoms with E-state index in [0.29, 0.717) is 12.1 Å². The van der Waals surface area contributed by atoms with Crippen molar-refractivity contribution in [3.05, 3.63) is 20.6 Å². The van der Waals surface area contributed by atoms with Gasteiger partial charge in [-0.25, -0.2) is 4.98 Å². The Balaban J connectivity index is 2.24. The molecule has 0 amide bonds. The van der Waals surface area contributed by atoms with Gasteiger partial charge in [0, 0.05) is 40.7 Å². The van der Waals surface area contributed by atoms with Crippen molar-refractivity contribution in [3.8, 4) is 0 Å². The number of piperazine rings is 1. The Morgan fingerprint density at radius 3 is 2.78 bits per heavy atom. The molecule has 0 bridgehead atoms. The Morgan fingerprint density at radius 2 is 2.13 bits per heavy atom. The predicted molar refractivity (Wildman–Crippen MR) is 105 cm³/mol. The molecule has 0 radical (unpaired) electrons. The number of benzene rings is 1. The number of halogens is 2. The standard InChI is InChI=1S/C17H24Br2N4/c1-5-12-9-20-6-7-22(12)17-21-16-11(4)15(19)13(18)8-14(16)23(17)10(2)3/h8,10,12,20H,5-7,9H2,1-4H3. The first kappa shape index (κ1) is 17.2. The maximum absolute atomic E-state index is 5.07. The molecule has 2 heterocycles. The van der Waals surface area contributed by atoms with Crippen molar-refractivity contribution in [2.75, 3.05) is 24.5 Å².